The predicted molar refractivity (Wildman–Crippen MR) is 96.9 cm³/mol. The zero-order chi connectivity index (χ0) is 21.1. The fraction of sp³-hybridized carbons (Fsp3) is 0.571. The number of rotatable bonds is 8. The molecule has 14 heteroatoms. The minimum atomic E-state index is -4.46. The summed E-state index contributed by atoms with van der Waals surface area (Å²) in [7, 11) is -5.04. The average Bonchev–Trinajstić information content (AvgIpc) is 2.96. The van der Waals surface area contributed by atoms with Gasteiger partial charge in [-0.05, 0) is 6.42 Å². The van der Waals surface area contributed by atoms with Gasteiger partial charge in [-0.15, -0.1) is 0 Å². The Kier molecular flexibility index (Phi) is 7.35. The Labute approximate surface area is 159 Å². The lowest BCUT2D eigenvalue weighted by atomic mass is 10.1. The van der Waals surface area contributed by atoms with Gasteiger partial charge >= 0.3 is 21.1 Å². The Morgan fingerprint density at radius 3 is 2.39 bits per heavy atom. The van der Waals surface area contributed by atoms with Crippen molar-refractivity contribution in [2.24, 2.45) is 5.92 Å². The highest BCUT2D eigenvalue weighted by Gasteiger charge is 2.48. The second kappa shape index (κ2) is 8.98. The molecule has 0 aliphatic heterocycles. The average molecular weight is 440 g/mol. The Hall–Kier alpha value is -1.36. The predicted octanol–water partition coefficient (Wildman–Crippen LogP) is 0.590. The van der Waals surface area contributed by atoms with Crippen LogP contribution in [-0.4, -0.2) is 52.9 Å². The van der Waals surface area contributed by atoms with Crippen LogP contribution < -0.4 is 11.2 Å². The molecule has 0 spiro atoms. The third-order valence-corrected chi connectivity index (χ3v) is 6.43. The quantitative estimate of drug-likeness (QED) is 0.487. The van der Waals surface area contributed by atoms with Gasteiger partial charge in [-0.25, -0.2) is 9.36 Å². The van der Waals surface area contributed by atoms with Crippen LogP contribution in [-0.2, 0) is 27.4 Å². The van der Waals surface area contributed by atoms with Crippen LogP contribution in [0.5, 0.6) is 0 Å². The Bertz CT molecular complexity index is 925. The maximum Gasteiger partial charge on any atom is 0.472 e. The minimum Gasteiger partial charge on any atom is -0.378 e. The summed E-state index contributed by atoms with van der Waals surface area (Å²) in [4.78, 5) is 44.9. The number of hydrogen-bond donors (Lipinski definition) is 3. The fourth-order valence-corrected chi connectivity index (χ4v) is 4.29. The molecule has 0 radical (unpaired) electrons. The van der Waals surface area contributed by atoms with Gasteiger partial charge < -0.3 is 19.0 Å². The van der Waals surface area contributed by atoms with Crippen LogP contribution in [0.2, 0.25) is 0 Å². The molecule has 158 valence electrons. The summed E-state index contributed by atoms with van der Waals surface area (Å²) in [5.74, 6) is 0.388. The van der Waals surface area contributed by atoms with E-state index in [2.05, 4.69) is 14.0 Å². The molecule has 1 fully saturated rings. The van der Waals surface area contributed by atoms with Gasteiger partial charge in [-0.2, -0.15) is 0 Å². The summed E-state index contributed by atoms with van der Waals surface area (Å²) in [6.07, 6.45) is 0.717. The van der Waals surface area contributed by atoms with E-state index in [4.69, 9.17) is 9.26 Å². The van der Waals surface area contributed by atoms with Crippen LogP contribution >= 0.6 is 15.4 Å². The number of ether oxygens (including phenoxy) is 1. The molecule has 1 aromatic heterocycles. The molecule has 1 saturated carbocycles. The lowest BCUT2D eigenvalue weighted by Crippen LogP contribution is -2.38. The van der Waals surface area contributed by atoms with Crippen molar-refractivity contribution in [2.45, 2.75) is 24.7 Å². The zero-order valence-electron chi connectivity index (χ0n) is 15.3. The molecule has 1 aromatic rings. The fourth-order valence-electron chi connectivity index (χ4n) is 3.07. The van der Waals surface area contributed by atoms with Gasteiger partial charge in [0.15, 0.2) is 0 Å². The number of phosphoric ester groups is 1. The molecule has 12 nitrogen and oxygen atoms in total. The second-order valence-corrected chi connectivity index (χ2v) is 9.30. The molecule has 1 aliphatic rings. The van der Waals surface area contributed by atoms with E-state index in [-0.39, 0.29) is 6.42 Å². The van der Waals surface area contributed by atoms with E-state index < -0.39 is 50.8 Å². The molecule has 1 heterocycles. The molecule has 28 heavy (non-hydrogen) atoms. The molecular formula is C14H22N2O10P2. The van der Waals surface area contributed by atoms with Crippen LogP contribution in [0, 0.1) is 5.92 Å². The number of H-pyrrole nitrogens is 1. The Morgan fingerprint density at radius 2 is 1.86 bits per heavy atom. The SMILES string of the molecule is CO[C@H]1[C@@H](OP(=O)(O)OC)[C@H](n2ccc(=O)[nH]c2=O)C[C@@H]1/C=C/P(=O)(O)OC. The molecule has 0 amide bonds. The van der Waals surface area contributed by atoms with Crippen LogP contribution in [0.3, 0.4) is 0 Å². The van der Waals surface area contributed by atoms with E-state index in [1.54, 1.807) is 0 Å². The van der Waals surface area contributed by atoms with Crippen LogP contribution in [0.25, 0.3) is 0 Å². The Balaban J connectivity index is 2.47. The van der Waals surface area contributed by atoms with Gasteiger partial charge in [0, 0.05) is 45.3 Å². The minimum absolute atomic E-state index is 0.138. The number of aromatic amines is 1. The Morgan fingerprint density at radius 1 is 1.18 bits per heavy atom. The van der Waals surface area contributed by atoms with Crippen molar-refractivity contribution in [3.63, 3.8) is 0 Å². The first-order valence-electron chi connectivity index (χ1n) is 8.02. The highest BCUT2D eigenvalue weighted by Crippen LogP contribution is 2.51. The lowest BCUT2D eigenvalue weighted by molar-refractivity contribution is -0.0187. The van der Waals surface area contributed by atoms with Crippen molar-refractivity contribution >= 4 is 15.4 Å². The van der Waals surface area contributed by atoms with E-state index in [1.807, 2.05) is 0 Å². The normalized spacial score (nSPS) is 29.6. The van der Waals surface area contributed by atoms with E-state index in [9.17, 15) is 28.5 Å². The molecular weight excluding hydrogens is 418 g/mol. The number of hydrogen-bond acceptors (Lipinski definition) is 8. The van der Waals surface area contributed by atoms with Crippen LogP contribution in [0.4, 0.5) is 0 Å². The van der Waals surface area contributed by atoms with Gasteiger partial charge in [0.25, 0.3) is 5.56 Å². The van der Waals surface area contributed by atoms with E-state index in [1.165, 1.54) is 19.4 Å². The van der Waals surface area contributed by atoms with E-state index in [0.29, 0.717) is 0 Å². The maximum absolute atomic E-state index is 12.2. The summed E-state index contributed by atoms with van der Waals surface area (Å²) < 4.78 is 44.3. The summed E-state index contributed by atoms with van der Waals surface area (Å²) in [5, 5.41) is 0. The molecule has 3 N–H and O–H groups in total. The third kappa shape index (κ3) is 5.37. The molecule has 0 aromatic carbocycles. The first kappa shape index (κ1) is 22.9. The maximum atomic E-state index is 12.2. The zero-order valence-corrected chi connectivity index (χ0v) is 17.1. The summed E-state index contributed by atoms with van der Waals surface area (Å²) >= 11 is 0. The smallest absolute Gasteiger partial charge is 0.378 e. The number of aromatic nitrogens is 2. The van der Waals surface area contributed by atoms with Crippen molar-refractivity contribution in [3.8, 4) is 0 Å². The second-order valence-electron chi connectivity index (χ2n) is 5.99. The van der Waals surface area contributed by atoms with Crippen molar-refractivity contribution in [2.75, 3.05) is 21.3 Å². The third-order valence-electron chi connectivity index (χ3n) is 4.39. The number of nitrogens with zero attached hydrogens (tertiary/aromatic N) is 1. The first-order valence-corrected chi connectivity index (χ1v) is 11.2. The van der Waals surface area contributed by atoms with Crippen molar-refractivity contribution in [1.82, 2.24) is 9.55 Å². The molecule has 2 unspecified atom stereocenters. The van der Waals surface area contributed by atoms with Gasteiger partial charge in [-0.3, -0.25) is 28.0 Å². The molecule has 2 rings (SSSR count). The van der Waals surface area contributed by atoms with E-state index in [0.717, 1.165) is 30.7 Å². The van der Waals surface area contributed by atoms with Gasteiger partial charge in [0.05, 0.1) is 12.1 Å². The van der Waals surface area contributed by atoms with Gasteiger partial charge in [-0.1, -0.05) is 6.08 Å². The standard InChI is InChI=1S/C14H22N2O10P2/c1-23-12-9(5-7-27(19,20)24-2)8-10(13(12)26-28(21,22)25-3)16-6-4-11(17)15-14(16)18/h4-7,9-10,12-13H,8H2,1-3H3,(H,19,20)(H,21,22)(H,15,17,18)/b7-5+/t9-,10+,12+,13-/m0/s1. The topological polar surface area (TPSA) is 166 Å². The number of phosphoric acid groups is 1. The molecule has 0 bridgehead atoms. The number of methoxy groups -OCH3 is 1. The summed E-state index contributed by atoms with van der Waals surface area (Å²) in [6, 6.07) is 0.283. The number of nitrogens with one attached hydrogen (secondary N) is 1. The van der Waals surface area contributed by atoms with Gasteiger partial charge in [0.2, 0.25) is 0 Å². The molecule has 6 atom stereocenters. The van der Waals surface area contributed by atoms with Gasteiger partial charge in [0.1, 0.15) is 6.10 Å². The summed E-state index contributed by atoms with van der Waals surface area (Å²) in [6.45, 7) is 0. The lowest BCUT2D eigenvalue weighted by Gasteiger charge is -2.27. The summed E-state index contributed by atoms with van der Waals surface area (Å²) in [5.41, 5.74) is -1.36. The molecule has 1 aliphatic carbocycles. The van der Waals surface area contributed by atoms with Crippen molar-refractivity contribution in [3.05, 3.63) is 45.0 Å². The van der Waals surface area contributed by atoms with Crippen molar-refractivity contribution < 1.29 is 37.2 Å². The molecule has 0 saturated heterocycles. The van der Waals surface area contributed by atoms with E-state index >= 15 is 0 Å². The van der Waals surface area contributed by atoms with Crippen LogP contribution in [0.1, 0.15) is 12.5 Å². The van der Waals surface area contributed by atoms with Crippen molar-refractivity contribution in [1.29, 1.82) is 0 Å². The largest absolute Gasteiger partial charge is 0.472 e. The monoisotopic (exact) mass is 440 g/mol. The first-order chi connectivity index (χ1) is 13.0. The van der Waals surface area contributed by atoms with Crippen LogP contribution in [0.15, 0.2) is 33.7 Å². The highest BCUT2D eigenvalue weighted by atomic mass is 31.2. The highest BCUT2D eigenvalue weighted by molar-refractivity contribution is 7.56.